The smallest absolute Gasteiger partial charge is 0.0130 e. The van der Waals surface area contributed by atoms with Crippen LogP contribution in [0, 0.1) is 0 Å². The predicted molar refractivity (Wildman–Crippen MR) is 74.3 cm³/mol. The van der Waals surface area contributed by atoms with Crippen LogP contribution in [0.1, 0.15) is 58.8 Å². The van der Waals surface area contributed by atoms with Gasteiger partial charge < -0.3 is 0 Å². The van der Waals surface area contributed by atoms with Gasteiger partial charge in [-0.3, -0.25) is 0 Å². The van der Waals surface area contributed by atoms with E-state index in [0.717, 1.165) is 0 Å². The second-order valence-electron chi connectivity index (χ2n) is 3.94. The predicted octanol–water partition coefficient (Wildman–Crippen LogP) is 5.47. The SMILES string of the molecule is CCCCC1=C(CCCC)CC=C1.Cl.Cl. The number of halogens is 2. The molecule has 0 saturated heterocycles. The van der Waals surface area contributed by atoms with Crippen LogP contribution in [0.25, 0.3) is 0 Å². The van der Waals surface area contributed by atoms with Crippen molar-refractivity contribution < 1.29 is 0 Å². The van der Waals surface area contributed by atoms with E-state index in [0.29, 0.717) is 0 Å². The molecule has 0 unspecified atom stereocenters. The van der Waals surface area contributed by atoms with Crippen LogP contribution in [-0.2, 0) is 0 Å². The zero-order chi connectivity index (χ0) is 9.52. The molecule has 0 aromatic rings. The van der Waals surface area contributed by atoms with E-state index >= 15 is 0 Å². The van der Waals surface area contributed by atoms with Crippen molar-refractivity contribution in [2.75, 3.05) is 0 Å². The minimum atomic E-state index is 0. The van der Waals surface area contributed by atoms with E-state index in [9.17, 15) is 0 Å². The van der Waals surface area contributed by atoms with E-state index in [2.05, 4.69) is 26.0 Å². The molecule has 0 saturated carbocycles. The summed E-state index contributed by atoms with van der Waals surface area (Å²) in [6.45, 7) is 4.54. The van der Waals surface area contributed by atoms with Gasteiger partial charge in [0.15, 0.2) is 0 Å². The fourth-order valence-electron chi connectivity index (χ4n) is 1.87. The molecular formula is C13H24Cl2. The van der Waals surface area contributed by atoms with Gasteiger partial charge in [0.1, 0.15) is 0 Å². The Balaban J connectivity index is 0. The maximum atomic E-state index is 2.35. The molecule has 0 spiro atoms. The zero-order valence-electron chi connectivity index (χ0n) is 9.92. The molecule has 1 aliphatic rings. The molecule has 0 fully saturated rings. The number of unbranched alkanes of at least 4 members (excludes halogenated alkanes) is 2. The summed E-state index contributed by atoms with van der Waals surface area (Å²) >= 11 is 0. The van der Waals surface area contributed by atoms with E-state index < -0.39 is 0 Å². The highest BCUT2D eigenvalue weighted by molar-refractivity contribution is 5.85. The van der Waals surface area contributed by atoms with E-state index in [1.54, 1.807) is 11.1 Å². The second-order valence-corrected chi connectivity index (χ2v) is 3.94. The molecular weight excluding hydrogens is 227 g/mol. The van der Waals surface area contributed by atoms with Crippen LogP contribution >= 0.6 is 24.8 Å². The zero-order valence-corrected chi connectivity index (χ0v) is 11.6. The Morgan fingerprint density at radius 1 is 1.00 bits per heavy atom. The minimum absolute atomic E-state index is 0. The van der Waals surface area contributed by atoms with Crippen molar-refractivity contribution in [1.29, 1.82) is 0 Å². The van der Waals surface area contributed by atoms with Gasteiger partial charge in [0.2, 0.25) is 0 Å². The average molecular weight is 251 g/mol. The first-order valence-corrected chi connectivity index (χ1v) is 5.76. The summed E-state index contributed by atoms with van der Waals surface area (Å²) in [5, 5.41) is 0. The standard InChI is InChI=1S/C13H22.2ClH/c1-3-5-8-12-10-7-11-13(12)9-6-4-2;;/h7,10H,3-6,8-9,11H2,1-2H3;2*1H. The van der Waals surface area contributed by atoms with Gasteiger partial charge in [-0.2, -0.15) is 0 Å². The molecule has 90 valence electrons. The van der Waals surface area contributed by atoms with E-state index in [4.69, 9.17) is 0 Å². The van der Waals surface area contributed by atoms with E-state index in [1.165, 1.54) is 44.9 Å². The molecule has 0 heterocycles. The van der Waals surface area contributed by atoms with Crippen LogP contribution in [0.15, 0.2) is 23.3 Å². The number of hydrogen-bond donors (Lipinski definition) is 0. The highest BCUT2D eigenvalue weighted by Crippen LogP contribution is 2.27. The van der Waals surface area contributed by atoms with Crippen LogP contribution in [0.4, 0.5) is 0 Å². The molecule has 0 aromatic carbocycles. The fourth-order valence-corrected chi connectivity index (χ4v) is 1.87. The summed E-state index contributed by atoms with van der Waals surface area (Å²) < 4.78 is 0. The van der Waals surface area contributed by atoms with Crippen molar-refractivity contribution in [3.63, 3.8) is 0 Å². The van der Waals surface area contributed by atoms with Crippen molar-refractivity contribution in [1.82, 2.24) is 0 Å². The van der Waals surface area contributed by atoms with Crippen molar-refractivity contribution in [2.45, 2.75) is 58.8 Å². The average Bonchev–Trinajstić information content (AvgIpc) is 2.59. The Kier molecular flexibility index (Phi) is 12.3. The number of hydrogen-bond acceptors (Lipinski definition) is 0. The molecule has 0 amide bonds. The largest absolute Gasteiger partial charge is 0.147 e. The first kappa shape index (κ1) is 17.5. The first-order valence-electron chi connectivity index (χ1n) is 5.76. The molecule has 0 radical (unpaired) electrons. The van der Waals surface area contributed by atoms with Crippen molar-refractivity contribution in [3.8, 4) is 0 Å². The summed E-state index contributed by atoms with van der Waals surface area (Å²) in [4.78, 5) is 0. The first-order chi connectivity index (χ1) is 6.38. The van der Waals surface area contributed by atoms with Crippen molar-refractivity contribution in [3.05, 3.63) is 23.3 Å². The summed E-state index contributed by atoms with van der Waals surface area (Å²) in [6.07, 6.45) is 13.9. The summed E-state index contributed by atoms with van der Waals surface area (Å²) in [7, 11) is 0. The van der Waals surface area contributed by atoms with Gasteiger partial charge in [-0.25, -0.2) is 0 Å². The van der Waals surface area contributed by atoms with Crippen molar-refractivity contribution in [2.24, 2.45) is 0 Å². The van der Waals surface area contributed by atoms with Gasteiger partial charge >= 0.3 is 0 Å². The molecule has 0 aliphatic heterocycles. The molecule has 0 aromatic heterocycles. The second kappa shape index (κ2) is 10.6. The summed E-state index contributed by atoms with van der Waals surface area (Å²) in [6, 6.07) is 0. The Labute approximate surface area is 107 Å². The molecule has 1 aliphatic carbocycles. The Bertz CT molecular complexity index is 205. The molecule has 0 atom stereocenters. The normalized spacial score (nSPS) is 13.7. The molecule has 1 rings (SSSR count). The lowest BCUT2D eigenvalue weighted by atomic mass is 10.0. The summed E-state index contributed by atoms with van der Waals surface area (Å²) in [5.41, 5.74) is 3.37. The van der Waals surface area contributed by atoms with Crippen molar-refractivity contribution >= 4 is 24.8 Å². The molecule has 0 bridgehead atoms. The quantitative estimate of drug-likeness (QED) is 0.587. The highest BCUT2D eigenvalue weighted by Gasteiger charge is 2.07. The van der Waals surface area contributed by atoms with Crippen LogP contribution in [0.2, 0.25) is 0 Å². The Morgan fingerprint density at radius 3 is 2.20 bits per heavy atom. The fraction of sp³-hybridized carbons (Fsp3) is 0.692. The minimum Gasteiger partial charge on any atom is -0.147 e. The van der Waals surface area contributed by atoms with Crippen LogP contribution in [-0.4, -0.2) is 0 Å². The third kappa shape index (κ3) is 6.27. The van der Waals surface area contributed by atoms with Gasteiger partial charge in [0.25, 0.3) is 0 Å². The maximum Gasteiger partial charge on any atom is -0.0130 e. The molecule has 15 heavy (non-hydrogen) atoms. The Hall–Kier alpha value is 0.0600. The van der Waals surface area contributed by atoms with Crippen LogP contribution in [0.5, 0.6) is 0 Å². The van der Waals surface area contributed by atoms with Crippen LogP contribution in [0.3, 0.4) is 0 Å². The van der Waals surface area contributed by atoms with E-state index in [1.807, 2.05) is 0 Å². The Morgan fingerprint density at radius 2 is 1.60 bits per heavy atom. The van der Waals surface area contributed by atoms with Gasteiger partial charge in [-0.1, -0.05) is 44.4 Å². The van der Waals surface area contributed by atoms with Gasteiger partial charge in [0, 0.05) is 0 Å². The third-order valence-corrected chi connectivity index (χ3v) is 2.77. The molecule has 2 heteroatoms. The van der Waals surface area contributed by atoms with Gasteiger partial charge in [0.05, 0.1) is 0 Å². The molecule has 0 nitrogen and oxygen atoms in total. The molecule has 0 N–H and O–H groups in total. The monoisotopic (exact) mass is 250 g/mol. The van der Waals surface area contributed by atoms with E-state index in [-0.39, 0.29) is 24.8 Å². The lowest BCUT2D eigenvalue weighted by Gasteiger charge is -2.05. The van der Waals surface area contributed by atoms with Crippen LogP contribution < -0.4 is 0 Å². The topological polar surface area (TPSA) is 0 Å². The van der Waals surface area contributed by atoms with Gasteiger partial charge in [-0.05, 0) is 37.7 Å². The lowest BCUT2D eigenvalue weighted by molar-refractivity contribution is 0.752. The highest BCUT2D eigenvalue weighted by atomic mass is 35.5. The lowest BCUT2D eigenvalue weighted by Crippen LogP contribution is -1.86. The third-order valence-electron chi connectivity index (χ3n) is 2.77. The number of rotatable bonds is 6. The summed E-state index contributed by atoms with van der Waals surface area (Å²) in [5.74, 6) is 0. The maximum absolute atomic E-state index is 2.35. The van der Waals surface area contributed by atoms with Gasteiger partial charge in [-0.15, -0.1) is 24.8 Å². The number of allylic oxidation sites excluding steroid dienone is 4.